The van der Waals surface area contributed by atoms with Gasteiger partial charge in [-0.15, -0.1) is 0 Å². The number of fused-ring (bicyclic) bond motifs is 1. The van der Waals surface area contributed by atoms with Crippen LogP contribution in [0.2, 0.25) is 0 Å². The third-order valence-electron chi connectivity index (χ3n) is 5.75. The van der Waals surface area contributed by atoms with Crippen LogP contribution >= 0.6 is 0 Å². The predicted octanol–water partition coefficient (Wildman–Crippen LogP) is 4.15. The van der Waals surface area contributed by atoms with Gasteiger partial charge in [-0.25, -0.2) is 4.79 Å². The van der Waals surface area contributed by atoms with Crippen LogP contribution in [0.3, 0.4) is 0 Å². The molecule has 0 bridgehead atoms. The Morgan fingerprint density at radius 2 is 1.93 bits per heavy atom. The summed E-state index contributed by atoms with van der Waals surface area (Å²) >= 11 is 0. The highest BCUT2D eigenvalue weighted by atomic mass is 16.7. The second-order valence-electron chi connectivity index (χ2n) is 8.91. The highest BCUT2D eigenvalue weighted by Gasteiger charge is 2.60. The number of ether oxygens (including phenoxy) is 1. The van der Waals surface area contributed by atoms with E-state index in [1.807, 2.05) is 57.2 Å². The van der Waals surface area contributed by atoms with Crippen molar-refractivity contribution in [3.05, 3.63) is 66.0 Å². The molecule has 154 valence electrons. The topological polar surface area (TPSA) is 54.9 Å². The van der Waals surface area contributed by atoms with E-state index in [0.717, 1.165) is 5.69 Å². The van der Waals surface area contributed by atoms with Crippen molar-refractivity contribution in [2.75, 3.05) is 19.7 Å². The predicted molar refractivity (Wildman–Crippen MR) is 110 cm³/mol. The van der Waals surface area contributed by atoms with Gasteiger partial charge in [-0.2, -0.15) is 5.06 Å². The maximum Gasteiger partial charge on any atom is 0.410 e. The average molecular weight is 396 g/mol. The van der Waals surface area contributed by atoms with Crippen molar-refractivity contribution in [1.29, 1.82) is 0 Å². The van der Waals surface area contributed by atoms with E-state index >= 15 is 0 Å². The number of hydrogen-bond donors (Lipinski definition) is 0. The average Bonchev–Trinajstić information content (AvgIpc) is 3.24. The van der Waals surface area contributed by atoms with Crippen LogP contribution in [-0.4, -0.2) is 46.3 Å². The van der Waals surface area contributed by atoms with Gasteiger partial charge in [0.15, 0.2) is 0 Å². The minimum absolute atomic E-state index is 0.0155. The van der Waals surface area contributed by atoms with Crippen LogP contribution in [0.15, 0.2) is 54.7 Å². The normalized spacial score (nSPS) is 25.7. The van der Waals surface area contributed by atoms with Crippen molar-refractivity contribution in [2.24, 2.45) is 5.92 Å². The minimum atomic E-state index is -0.527. The number of rotatable bonds is 3. The number of likely N-dealkylation sites (tertiary alicyclic amines) is 1. The molecule has 0 spiro atoms. The van der Waals surface area contributed by atoms with Crippen molar-refractivity contribution in [2.45, 2.75) is 44.9 Å². The van der Waals surface area contributed by atoms with Crippen LogP contribution in [0.1, 0.15) is 45.0 Å². The molecular formula is C23H29N3O3. The molecule has 3 heterocycles. The molecule has 1 aromatic heterocycles. The fourth-order valence-corrected chi connectivity index (χ4v) is 4.44. The maximum atomic E-state index is 12.8. The van der Waals surface area contributed by atoms with E-state index in [9.17, 15) is 4.79 Å². The lowest BCUT2D eigenvalue weighted by molar-refractivity contribution is -0.197. The van der Waals surface area contributed by atoms with Gasteiger partial charge in [-0.05, 0) is 45.4 Å². The van der Waals surface area contributed by atoms with E-state index in [-0.39, 0.29) is 18.1 Å². The fraction of sp³-hybridized carbons (Fsp3) is 0.478. The number of pyridine rings is 1. The summed E-state index contributed by atoms with van der Waals surface area (Å²) in [6.07, 6.45) is 1.52. The number of carbonyl (C=O) groups is 1. The van der Waals surface area contributed by atoms with Crippen molar-refractivity contribution in [1.82, 2.24) is 14.9 Å². The van der Waals surface area contributed by atoms with Gasteiger partial charge < -0.3 is 9.64 Å². The summed E-state index contributed by atoms with van der Waals surface area (Å²) in [5.41, 5.74) is 1.06. The summed E-state index contributed by atoms with van der Waals surface area (Å²) in [6.45, 7) is 9.44. The number of aromatic nitrogens is 1. The van der Waals surface area contributed by atoms with Crippen LogP contribution in [0, 0.1) is 5.92 Å². The Bertz CT molecular complexity index is 853. The molecule has 2 aromatic rings. The Balaban J connectivity index is 1.70. The molecule has 0 N–H and O–H groups in total. The van der Waals surface area contributed by atoms with E-state index in [4.69, 9.17) is 9.57 Å². The molecule has 0 radical (unpaired) electrons. The third-order valence-corrected chi connectivity index (χ3v) is 5.75. The monoisotopic (exact) mass is 395 g/mol. The number of benzene rings is 1. The Hall–Kier alpha value is -2.44. The zero-order valence-corrected chi connectivity index (χ0v) is 17.5. The van der Waals surface area contributed by atoms with Gasteiger partial charge in [0.05, 0.1) is 24.9 Å². The molecule has 2 fully saturated rings. The first-order valence-electron chi connectivity index (χ1n) is 10.2. The molecule has 2 aliphatic heterocycles. The van der Waals surface area contributed by atoms with Crippen LogP contribution in [0.25, 0.3) is 0 Å². The first kappa shape index (κ1) is 19.9. The summed E-state index contributed by atoms with van der Waals surface area (Å²) in [4.78, 5) is 25.6. The standard InChI is InChI=1S/C23H29N3O3/c1-17(18-10-6-5-7-11-18)26-23(20-12-8-9-13-24-20)16-25(14-19(23)15-28-26)21(27)29-22(2,3)4/h5-13,17,19H,14-16H2,1-4H3/t17-,19+,23+/m1/s1. The lowest BCUT2D eigenvalue weighted by Gasteiger charge is -2.39. The van der Waals surface area contributed by atoms with Crippen LogP contribution in [-0.2, 0) is 15.1 Å². The molecule has 3 atom stereocenters. The zero-order chi connectivity index (χ0) is 20.6. The zero-order valence-electron chi connectivity index (χ0n) is 17.5. The number of hydrogen-bond acceptors (Lipinski definition) is 5. The molecule has 4 rings (SSSR count). The summed E-state index contributed by atoms with van der Waals surface area (Å²) in [5, 5.41) is 2.06. The lowest BCUT2D eigenvalue weighted by Crippen LogP contribution is -2.48. The molecule has 1 amide bonds. The first-order chi connectivity index (χ1) is 13.8. The van der Waals surface area contributed by atoms with Gasteiger partial charge in [0.1, 0.15) is 11.1 Å². The molecule has 0 aliphatic carbocycles. The second-order valence-corrected chi connectivity index (χ2v) is 8.91. The lowest BCUT2D eigenvalue weighted by atomic mass is 9.83. The maximum absolute atomic E-state index is 12.8. The van der Waals surface area contributed by atoms with E-state index < -0.39 is 11.1 Å². The Kier molecular flexibility index (Phi) is 5.09. The van der Waals surface area contributed by atoms with Gasteiger partial charge in [-0.3, -0.25) is 9.82 Å². The van der Waals surface area contributed by atoms with Crippen LogP contribution < -0.4 is 0 Å². The number of nitrogens with zero attached hydrogens (tertiary/aromatic N) is 3. The van der Waals surface area contributed by atoms with Crippen molar-refractivity contribution < 1.29 is 14.4 Å². The molecule has 2 saturated heterocycles. The minimum Gasteiger partial charge on any atom is -0.444 e. The van der Waals surface area contributed by atoms with E-state index in [0.29, 0.717) is 19.7 Å². The van der Waals surface area contributed by atoms with Crippen molar-refractivity contribution in [3.8, 4) is 0 Å². The van der Waals surface area contributed by atoms with Gasteiger partial charge >= 0.3 is 6.09 Å². The number of amides is 1. The summed E-state index contributed by atoms with van der Waals surface area (Å²) in [6, 6.07) is 16.3. The smallest absolute Gasteiger partial charge is 0.410 e. The van der Waals surface area contributed by atoms with E-state index in [2.05, 4.69) is 29.1 Å². The largest absolute Gasteiger partial charge is 0.444 e. The Labute approximate surface area is 172 Å². The quantitative estimate of drug-likeness (QED) is 0.781. The summed E-state index contributed by atoms with van der Waals surface area (Å²) < 4.78 is 5.66. The van der Waals surface area contributed by atoms with Gasteiger partial charge in [0.2, 0.25) is 0 Å². The van der Waals surface area contributed by atoms with Gasteiger partial charge in [0, 0.05) is 18.7 Å². The Morgan fingerprint density at radius 1 is 1.21 bits per heavy atom. The van der Waals surface area contributed by atoms with Gasteiger partial charge in [0.25, 0.3) is 0 Å². The van der Waals surface area contributed by atoms with E-state index in [1.165, 1.54) is 5.56 Å². The molecule has 1 aromatic carbocycles. The van der Waals surface area contributed by atoms with Gasteiger partial charge in [-0.1, -0.05) is 36.4 Å². The summed E-state index contributed by atoms with van der Waals surface area (Å²) in [5.74, 6) is 0.121. The highest BCUT2D eigenvalue weighted by Crippen LogP contribution is 2.50. The molecule has 6 nitrogen and oxygen atoms in total. The Morgan fingerprint density at radius 3 is 2.59 bits per heavy atom. The molecule has 29 heavy (non-hydrogen) atoms. The summed E-state index contributed by atoms with van der Waals surface area (Å²) in [7, 11) is 0. The molecule has 2 aliphatic rings. The highest BCUT2D eigenvalue weighted by molar-refractivity contribution is 5.69. The second kappa shape index (κ2) is 7.43. The fourth-order valence-electron chi connectivity index (χ4n) is 4.44. The van der Waals surface area contributed by atoms with Crippen LogP contribution in [0.4, 0.5) is 4.79 Å². The first-order valence-corrected chi connectivity index (χ1v) is 10.2. The van der Waals surface area contributed by atoms with Crippen molar-refractivity contribution in [3.63, 3.8) is 0 Å². The number of hydroxylamine groups is 2. The molecule has 6 heteroatoms. The third kappa shape index (κ3) is 3.63. The molecule has 0 unspecified atom stereocenters. The van der Waals surface area contributed by atoms with Crippen molar-refractivity contribution >= 4 is 6.09 Å². The van der Waals surface area contributed by atoms with E-state index in [1.54, 1.807) is 11.1 Å². The molecule has 0 saturated carbocycles. The molecular weight excluding hydrogens is 366 g/mol. The number of carbonyl (C=O) groups excluding carboxylic acids is 1. The van der Waals surface area contributed by atoms with Crippen LogP contribution in [0.5, 0.6) is 0 Å². The SMILES string of the molecule is C[C@H](c1ccccc1)N1OC[C@@H]2CN(C(=O)OC(C)(C)C)C[C@@]21c1ccccn1.